The molecule has 1 rings (SSSR count). The van der Waals surface area contributed by atoms with Gasteiger partial charge in [-0.05, 0) is 25.7 Å². The minimum atomic E-state index is -3.58. The first kappa shape index (κ1) is 16.4. The van der Waals surface area contributed by atoms with Crippen LogP contribution in [0.2, 0.25) is 0 Å². The van der Waals surface area contributed by atoms with Crippen LogP contribution in [0.1, 0.15) is 45.4 Å². The number of carboxylic acids is 1. The zero-order valence-corrected chi connectivity index (χ0v) is 12.4. The summed E-state index contributed by atoms with van der Waals surface area (Å²) >= 11 is 0. The van der Waals surface area contributed by atoms with E-state index in [1.165, 1.54) is 13.5 Å². The number of carboxylic acid groups (broad SMARTS) is 1. The number of nitrogens with one attached hydrogen (secondary N) is 1. The van der Waals surface area contributed by atoms with Crippen LogP contribution in [0.15, 0.2) is 0 Å². The first-order chi connectivity index (χ1) is 8.83. The molecule has 112 valence electrons. The molecule has 6 nitrogen and oxygen atoms in total. The van der Waals surface area contributed by atoms with Gasteiger partial charge in [0.25, 0.3) is 10.2 Å². The van der Waals surface area contributed by atoms with Crippen LogP contribution < -0.4 is 4.72 Å². The fraction of sp³-hybridized carbons (Fsp3) is 0.917. The van der Waals surface area contributed by atoms with E-state index in [0.717, 1.165) is 30.0 Å². The average molecular weight is 292 g/mol. The van der Waals surface area contributed by atoms with Crippen molar-refractivity contribution in [2.24, 2.45) is 5.92 Å². The van der Waals surface area contributed by atoms with Gasteiger partial charge >= 0.3 is 5.97 Å². The van der Waals surface area contributed by atoms with Crippen molar-refractivity contribution < 1.29 is 18.3 Å². The van der Waals surface area contributed by atoms with Gasteiger partial charge in [0, 0.05) is 19.6 Å². The van der Waals surface area contributed by atoms with E-state index in [9.17, 15) is 13.2 Å². The van der Waals surface area contributed by atoms with E-state index in [1.807, 2.05) is 6.92 Å². The Labute approximate surface area is 115 Å². The molecule has 0 saturated heterocycles. The smallest absolute Gasteiger partial charge is 0.304 e. The number of aliphatic carboxylic acids is 1. The first-order valence-corrected chi connectivity index (χ1v) is 8.22. The van der Waals surface area contributed by atoms with E-state index in [0.29, 0.717) is 5.92 Å². The quantitative estimate of drug-likeness (QED) is 0.738. The summed E-state index contributed by atoms with van der Waals surface area (Å²) in [5, 5.41) is 8.57. The third kappa shape index (κ3) is 5.46. The molecule has 1 aliphatic rings. The summed E-state index contributed by atoms with van der Waals surface area (Å²) in [5.74, 6) is -0.612. The molecule has 0 spiro atoms. The summed E-state index contributed by atoms with van der Waals surface area (Å²) in [6, 6.07) is -0.0995. The zero-order valence-electron chi connectivity index (χ0n) is 11.6. The highest BCUT2D eigenvalue weighted by Gasteiger charge is 2.26. The molecule has 0 bridgehead atoms. The van der Waals surface area contributed by atoms with Gasteiger partial charge in [0.05, 0.1) is 6.42 Å². The Kier molecular flexibility index (Phi) is 6.22. The molecule has 0 amide bonds. The number of nitrogens with zero attached hydrogens (tertiary/aromatic N) is 1. The Morgan fingerprint density at radius 1 is 1.37 bits per heavy atom. The van der Waals surface area contributed by atoms with Crippen LogP contribution >= 0.6 is 0 Å². The molecule has 7 heteroatoms. The van der Waals surface area contributed by atoms with Crippen LogP contribution in [0.4, 0.5) is 0 Å². The van der Waals surface area contributed by atoms with Crippen LogP contribution in [-0.2, 0) is 15.0 Å². The second-order valence-electron chi connectivity index (χ2n) is 5.27. The van der Waals surface area contributed by atoms with Gasteiger partial charge in [-0.15, -0.1) is 0 Å². The maximum absolute atomic E-state index is 12.0. The molecule has 1 aliphatic carbocycles. The Hall–Kier alpha value is -0.660. The van der Waals surface area contributed by atoms with Crippen molar-refractivity contribution in [1.82, 2.24) is 9.03 Å². The van der Waals surface area contributed by atoms with Gasteiger partial charge in [0.15, 0.2) is 0 Å². The summed E-state index contributed by atoms with van der Waals surface area (Å²) in [7, 11) is -2.18. The topological polar surface area (TPSA) is 86.7 Å². The lowest BCUT2D eigenvalue weighted by Crippen LogP contribution is -2.46. The maximum atomic E-state index is 12.0. The van der Waals surface area contributed by atoms with Crippen LogP contribution in [-0.4, -0.2) is 43.4 Å². The summed E-state index contributed by atoms with van der Waals surface area (Å²) in [6.07, 6.45) is 5.48. The van der Waals surface area contributed by atoms with E-state index in [4.69, 9.17) is 5.11 Å². The molecule has 0 aliphatic heterocycles. The third-order valence-corrected chi connectivity index (χ3v) is 5.42. The Morgan fingerprint density at radius 2 is 1.95 bits per heavy atom. The van der Waals surface area contributed by atoms with E-state index >= 15 is 0 Å². The molecule has 1 fully saturated rings. The molecule has 0 aromatic rings. The van der Waals surface area contributed by atoms with Crippen molar-refractivity contribution >= 4 is 16.2 Å². The largest absolute Gasteiger partial charge is 0.481 e. The number of rotatable bonds is 7. The summed E-state index contributed by atoms with van der Waals surface area (Å²) < 4.78 is 27.8. The van der Waals surface area contributed by atoms with E-state index in [1.54, 1.807) is 0 Å². The highest BCUT2D eigenvalue weighted by atomic mass is 32.2. The molecular formula is C12H24N2O4S. The van der Waals surface area contributed by atoms with E-state index < -0.39 is 16.2 Å². The minimum Gasteiger partial charge on any atom is -0.481 e. The molecule has 2 N–H and O–H groups in total. The van der Waals surface area contributed by atoms with Gasteiger partial charge < -0.3 is 5.11 Å². The molecular weight excluding hydrogens is 268 g/mol. The van der Waals surface area contributed by atoms with Crippen LogP contribution in [0.25, 0.3) is 0 Å². The van der Waals surface area contributed by atoms with Crippen molar-refractivity contribution in [2.45, 2.75) is 51.5 Å². The van der Waals surface area contributed by atoms with Crippen molar-refractivity contribution in [3.63, 3.8) is 0 Å². The standard InChI is InChI=1S/C12H24N2O4S/c1-10(11-6-4-3-5-7-11)13-19(17,18)14(2)9-8-12(15)16/h10-11,13H,3-9H2,1-2H3,(H,15,16)/t10-/m1/s1. The fourth-order valence-electron chi connectivity index (χ4n) is 2.43. The van der Waals surface area contributed by atoms with Gasteiger partial charge in [0.2, 0.25) is 0 Å². The predicted octanol–water partition coefficient (Wildman–Crippen LogP) is 1.20. The molecule has 0 heterocycles. The Morgan fingerprint density at radius 3 is 2.47 bits per heavy atom. The molecule has 0 unspecified atom stereocenters. The molecule has 0 radical (unpaired) electrons. The minimum absolute atomic E-state index is 0.0119. The molecule has 0 aromatic heterocycles. The first-order valence-electron chi connectivity index (χ1n) is 6.78. The van der Waals surface area contributed by atoms with Crippen molar-refractivity contribution in [3.05, 3.63) is 0 Å². The van der Waals surface area contributed by atoms with Crippen LogP contribution in [0.5, 0.6) is 0 Å². The second-order valence-corrected chi connectivity index (χ2v) is 7.08. The van der Waals surface area contributed by atoms with Gasteiger partial charge in [-0.1, -0.05) is 19.3 Å². The number of carbonyl (C=O) groups is 1. The van der Waals surface area contributed by atoms with Gasteiger partial charge in [-0.2, -0.15) is 17.4 Å². The number of hydrogen-bond acceptors (Lipinski definition) is 3. The highest BCUT2D eigenvalue weighted by Crippen LogP contribution is 2.26. The maximum Gasteiger partial charge on any atom is 0.304 e. The average Bonchev–Trinajstić information content (AvgIpc) is 2.36. The van der Waals surface area contributed by atoms with Crippen LogP contribution in [0.3, 0.4) is 0 Å². The Bertz CT molecular complexity index is 391. The lowest BCUT2D eigenvalue weighted by Gasteiger charge is -2.29. The third-order valence-electron chi connectivity index (χ3n) is 3.74. The van der Waals surface area contributed by atoms with Gasteiger partial charge in [-0.25, -0.2) is 0 Å². The summed E-state index contributed by atoms with van der Waals surface area (Å²) in [4.78, 5) is 10.5. The SMILES string of the molecule is C[C@@H](NS(=O)(=O)N(C)CCC(=O)O)C1CCCCC1. The fourth-order valence-corrected chi connectivity index (χ4v) is 3.60. The van der Waals surface area contributed by atoms with Crippen molar-refractivity contribution in [1.29, 1.82) is 0 Å². The molecule has 1 saturated carbocycles. The van der Waals surface area contributed by atoms with Crippen molar-refractivity contribution in [2.75, 3.05) is 13.6 Å². The predicted molar refractivity (Wildman–Crippen MR) is 73.0 cm³/mol. The summed E-state index contributed by atoms with van der Waals surface area (Å²) in [6.45, 7) is 1.88. The normalized spacial score (nSPS) is 19.5. The van der Waals surface area contributed by atoms with Crippen LogP contribution in [0, 0.1) is 5.92 Å². The second kappa shape index (κ2) is 7.21. The van der Waals surface area contributed by atoms with E-state index in [-0.39, 0.29) is 19.0 Å². The van der Waals surface area contributed by atoms with Gasteiger partial charge in [-0.3, -0.25) is 4.79 Å². The summed E-state index contributed by atoms with van der Waals surface area (Å²) in [5.41, 5.74) is 0. The Balaban J connectivity index is 2.50. The molecule has 1 atom stereocenters. The monoisotopic (exact) mass is 292 g/mol. The lowest BCUT2D eigenvalue weighted by molar-refractivity contribution is -0.137. The lowest BCUT2D eigenvalue weighted by atomic mass is 9.85. The van der Waals surface area contributed by atoms with Crippen molar-refractivity contribution in [3.8, 4) is 0 Å². The van der Waals surface area contributed by atoms with Gasteiger partial charge in [0.1, 0.15) is 0 Å². The van der Waals surface area contributed by atoms with E-state index in [2.05, 4.69) is 4.72 Å². The molecule has 0 aromatic carbocycles. The molecule has 19 heavy (non-hydrogen) atoms. The highest BCUT2D eigenvalue weighted by molar-refractivity contribution is 7.87. The zero-order chi connectivity index (χ0) is 14.5. The number of hydrogen-bond donors (Lipinski definition) is 2.